The molecule has 0 saturated carbocycles. The molecule has 7 heteroatoms. The maximum absolute atomic E-state index is 13.3. The number of benzene rings is 1. The largest absolute Gasteiger partial charge is 0.384 e. The first-order valence-electron chi connectivity index (χ1n) is 10.1. The van der Waals surface area contributed by atoms with Crippen molar-refractivity contribution < 1.29 is 4.79 Å². The number of fused-ring (bicyclic) bond motifs is 1. The smallest absolute Gasteiger partial charge is 0.254 e. The average Bonchev–Trinajstić information content (AvgIpc) is 3.22. The predicted octanol–water partition coefficient (Wildman–Crippen LogP) is 3.82. The number of pyridine rings is 2. The maximum atomic E-state index is 13.3. The van der Waals surface area contributed by atoms with Crippen LogP contribution in [0.3, 0.4) is 0 Å². The third kappa shape index (κ3) is 4.15. The number of anilines is 1. The van der Waals surface area contributed by atoms with Crippen molar-refractivity contribution in [2.75, 3.05) is 12.3 Å². The average molecular weight is 400 g/mol. The van der Waals surface area contributed by atoms with Crippen molar-refractivity contribution >= 4 is 17.4 Å². The van der Waals surface area contributed by atoms with Crippen LogP contribution in [0.5, 0.6) is 0 Å². The molecule has 0 atom stereocenters. The Morgan fingerprint density at radius 3 is 2.63 bits per heavy atom. The van der Waals surface area contributed by atoms with Crippen molar-refractivity contribution in [1.29, 1.82) is 0 Å². The van der Waals surface area contributed by atoms with Gasteiger partial charge in [-0.2, -0.15) is 4.52 Å². The van der Waals surface area contributed by atoms with E-state index in [2.05, 4.69) is 22.0 Å². The van der Waals surface area contributed by atoms with Gasteiger partial charge in [0, 0.05) is 24.8 Å². The number of nitrogen functional groups attached to an aromatic ring is 1. The molecular formula is C23H24N6O. The minimum absolute atomic E-state index is 0.0658. The third-order valence-corrected chi connectivity index (χ3v) is 4.89. The fraction of sp³-hybridized carbons (Fsp3) is 0.217. The molecule has 0 unspecified atom stereocenters. The Morgan fingerprint density at radius 2 is 1.90 bits per heavy atom. The molecule has 1 aromatic carbocycles. The second kappa shape index (κ2) is 8.73. The van der Waals surface area contributed by atoms with Crippen LogP contribution < -0.4 is 5.73 Å². The Morgan fingerprint density at radius 1 is 1.10 bits per heavy atom. The van der Waals surface area contributed by atoms with Gasteiger partial charge in [-0.15, -0.1) is 5.10 Å². The molecule has 30 heavy (non-hydrogen) atoms. The molecule has 3 aromatic heterocycles. The Balaban J connectivity index is 1.66. The molecule has 4 rings (SSSR count). The lowest BCUT2D eigenvalue weighted by Gasteiger charge is -2.23. The Labute approximate surface area is 175 Å². The molecule has 4 aromatic rings. The van der Waals surface area contributed by atoms with Crippen molar-refractivity contribution in [1.82, 2.24) is 24.5 Å². The highest BCUT2D eigenvalue weighted by atomic mass is 16.2. The summed E-state index contributed by atoms with van der Waals surface area (Å²) in [5.41, 5.74) is 8.99. The standard InChI is InChI=1S/C23H24N6O/c1-2-3-13-28(16-17-9-5-4-6-10-17)23(30)18-14-20(24)29-21(15-18)26-22(27-29)19-11-7-8-12-25-19/h4-12,14-15H,2-3,13,16,24H2,1H3. The molecule has 1 amide bonds. The zero-order valence-corrected chi connectivity index (χ0v) is 16.9. The molecule has 0 aliphatic heterocycles. The molecule has 0 bridgehead atoms. The van der Waals surface area contributed by atoms with Gasteiger partial charge in [0.1, 0.15) is 11.5 Å². The normalized spacial score (nSPS) is 11.0. The topological polar surface area (TPSA) is 89.4 Å². The van der Waals surface area contributed by atoms with Gasteiger partial charge in [0.2, 0.25) is 5.82 Å². The van der Waals surface area contributed by atoms with Gasteiger partial charge in [-0.3, -0.25) is 9.78 Å². The first kappa shape index (κ1) is 19.6. The molecule has 7 nitrogen and oxygen atoms in total. The van der Waals surface area contributed by atoms with Gasteiger partial charge in [0.25, 0.3) is 5.91 Å². The molecule has 152 valence electrons. The van der Waals surface area contributed by atoms with Crippen molar-refractivity contribution in [2.45, 2.75) is 26.3 Å². The van der Waals surface area contributed by atoms with Crippen molar-refractivity contribution in [3.05, 3.63) is 78.0 Å². The number of nitrogens with two attached hydrogens (primary N) is 1. The van der Waals surface area contributed by atoms with Crippen LogP contribution in [0, 0.1) is 0 Å². The molecular weight excluding hydrogens is 376 g/mol. The highest BCUT2D eigenvalue weighted by molar-refractivity contribution is 5.96. The van der Waals surface area contributed by atoms with Crippen LogP contribution in [-0.4, -0.2) is 36.9 Å². The quantitative estimate of drug-likeness (QED) is 0.509. The Hall–Kier alpha value is -3.74. The lowest BCUT2D eigenvalue weighted by Crippen LogP contribution is -2.31. The Kier molecular flexibility index (Phi) is 5.70. The molecule has 0 radical (unpaired) electrons. The van der Waals surface area contributed by atoms with Crippen LogP contribution in [0.2, 0.25) is 0 Å². The fourth-order valence-corrected chi connectivity index (χ4v) is 3.32. The van der Waals surface area contributed by atoms with E-state index in [-0.39, 0.29) is 5.91 Å². The van der Waals surface area contributed by atoms with Gasteiger partial charge in [0.15, 0.2) is 5.65 Å². The number of carbonyl (C=O) groups excluding carboxylic acids is 1. The maximum Gasteiger partial charge on any atom is 0.254 e. The fourth-order valence-electron chi connectivity index (χ4n) is 3.32. The summed E-state index contributed by atoms with van der Waals surface area (Å²) in [6, 6.07) is 18.9. The molecule has 0 aliphatic rings. The molecule has 0 aliphatic carbocycles. The lowest BCUT2D eigenvalue weighted by atomic mass is 10.1. The van der Waals surface area contributed by atoms with E-state index >= 15 is 0 Å². The van der Waals surface area contributed by atoms with Gasteiger partial charge in [0.05, 0.1) is 0 Å². The summed E-state index contributed by atoms with van der Waals surface area (Å²) in [7, 11) is 0. The number of nitrogens with zero attached hydrogens (tertiary/aromatic N) is 5. The van der Waals surface area contributed by atoms with Gasteiger partial charge in [-0.1, -0.05) is 49.7 Å². The number of unbranched alkanes of at least 4 members (excludes halogenated alkanes) is 1. The zero-order valence-electron chi connectivity index (χ0n) is 16.9. The Bertz CT molecular complexity index is 1140. The highest BCUT2D eigenvalue weighted by Gasteiger charge is 2.19. The lowest BCUT2D eigenvalue weighted by molar-refractivity contribution is 0.0741. The number of amides is 1. The van der Waals surface area contributed by atoms with E-state index in [0.717, 1.165) is 18.4 Å². The van der Waals surface area contributed by atoms with E-state index in [1.54, 1.807) is 18.3 Å². The molecule has 0 saturated heterocycles. The molecule has 0 spiro atoms. The van der Waals surface area contributed by atoms with Crippen LogP contribution in [0.1, 0.15) is 35.7 Å². The number of hydrogen-bond donors (Lipinski definition) is 1. The van der Waals surface area contributed by atoms with Gasteiger partial charge in [-0.25, -0.2) is 4.98 Å². The molecule has 3 heterocycles. The summed E-state index contributed by atoms with van der Waals surface area (Å²) < 4.78 is 1.54. The summed E-state index contributed by atoms with van der Waals surface area (Å²) in [6.45, 7) is 3.35. The van der Waals surface area contributed by atoms with Crippen molar-refractivity contribution in [2.24, 2.45) is 0 Å². The molecule has 0 fully saturated rings. The minimum atomic E-state index is -0.0658. The summed E-state index contributed by atoms with van der Waals surface area (Å²) in [5.74, 6) is 0.767. The highest BCUT2D eigenvalue weighted by Crippen LogP contribution is 2.19. The van der Waals surface area contributed by atoms with E-state index in [4.69, 9.17) is 5.73 Å². The predicted molar refractivity (Wildman–Crippen MR) is 117 cm³/mol. The van der Waals surface area contributed by atoms with Crippen LogP contribution in [0.15, 0.2) is 66.9 Å². The zero-order chi connectivity index (χ0) is 20.9. The summed E-state index contributed by atoms with van der Waals surface area (Å²) in [4.78, 5) is 24.0. The second-order valence-corrected chi connectivity index (χ2v) is 7.16. The first-order valence-corrected chi connectivity index (χ1v) is 10.1. The summed E-state index contributed by atoms with van der Waals surface area (Å²) >= 11 is 0. The summed E-state index contributed by atoms with van der Waals surface area (Å²) in [6.07, 6.45) is 3.64. The van der Waals surface area contributed by atoms with Gasteiger partial charge >= 0.3 is 0 Å². The van der Waals surface area contributed by atoms with E-state index in [9.17, 15) is 4.79 Å². The van der Waals surface area contributed by atoms with E-state index in [1.807, 2.05) is 53.4 Å². The number of carbonyl (C=O) groups is 1. The molecule has 2 N–H and O–H groups in total. The number of hydrogen-bond acceptors (Lipinski definition) is 5. The van der Waals surface area contributed by atoms with Gasteiger partial charge < -0.3 is 10.6 Å². The van der Waals surface area contributed by atoms with Crippen LogP contribution in [0.4, 0.5) is 5.82 Å². The van der Waals surface area contributed by atoms with Crippen LogP contribution >= 0.6 is 0 Å². The monoisotopic (exact) mass is 400 g/mol. The van der Waals surface area contributed by atoms with Crippen molar-refractivity contribution in [3.63, 3.8) is 0 Å². The SMILES string of the molecule is CCCCN(Cc1ccccc1)C(=O)c1cc(N)n2nc(-c3ccccn3)nc2c1. The van der Waals surface area contributed by atoms with Gasteiger partial charge in [-0.05, 0) is 36.2 Å². The third-order valence-electron chi connectivity index (χ3n) is 4.89. The number of rotatable bonds is 7. The van der Waals surface area contributed by atoms with Crippen LogP contribution in [-0.2, 0) is 6.54 Å². The number of aromatic nitrogens is 4. The van der Waals surface area contributed by atoms with E-state index in [0.29, 0.717) is 41.6 Å². The first-order chi connectivity index (χ1) is 14.7. The second-order valence-electron chi connectivity index (χ2n) is 7.16. The van der Waals surface area contributed by atoms with E-state index < -0.39 is 0 Å². The van der Waals surface area contributed by atoms with Crippen molar-refractivity contribution in [3.8, 4) is 11.5 Å². The summed E-state index contributed by atoms with van der Waals surface area (Å²) in [5, 5.41) is 4.44. The van der Waals surface area contributed by atoms with Crippen LogP contribution in [0.25, 0.3) is 17.2 Å². The van der Waals surface area contributed by atoms with E-state index in [1.165, 1.54) is 4.52 Å². The minimum Gasteiger partial charge on any atom is -0.384 e.